The van der Waals surface area contributed by atoms with Crippen LogP contribution in [0, 0.1) is 0 Å². The molecular formula is C28H16BrN. The van der Waals surface area contributed by atoms with E-state index in [2.05, 4.69) is 118 Å². The number of hydrogen-bond acceptors (Lipinski definition) is 0. The summed E-state index contributed by atoms with van der Waals surface area (Å²) in [7, 11) is 0. The number of nitrogens with zero attached hydrogens (tertiary/aromatic N) is 1. The molecule has 0 unspecified atom stereocenters. The summed E-state index contributed by atoms with van der Waals surface area (Å²) in [6.45, 7) is 0. The molecule has 7 rings (SSSR count). The molecule has 0 spiro atoms. The van der Waals surface area contributed by atoms with Gasteiger partial charge in [-0.3, -0.25) is 0 Å². The number of para-hydroxylation sites is 1. The van der Waals surface area contributed by atoms with E-state index >= 15 is 0 Å². The van der Waals surface area contributed by atoms with Crippen LogP contribution < -0.4 is 0 Å². The van der Waals surface area contributed by atoms with Gasteiger partial charge in [-0.15, -0.1) is 0 Å². The van der Waals surface area contributed by atoms with Gasteiger partial charge < -0.3 is 4.57 Å². The first-order valence-electron chi connectivity index (χ1n) is 10.2. The molecule has 0 radical (unpaired) electrons. The van der Waals surface area contributed by atoms with Gasteiger partial charge in [-0.2, -0.15) is 0 Å². The first kappa shape index (κ1) is 16.4. The van der Waals surface area contributed by atoms with Crippen molar-refractivity contribution >= 4 is 70.1 Å². The molecule has 1 nitrogen and oxygen atoms in total. The average Bonchev–Trinajstić information content (AvgIpc) is 3.11. The third kappa shape index (κ3) is 2.07. The zero-order chi connectivity index (χ0) is 19.8. The standard InChI is InChI=1S/C28H16BrN/c29-20-12-14-22-24(16-20)30(21-7-2-1-3-8-21)25-15-19-10-9-17-5-4-6-18-11-13-23(28(22)25)27(19)26(17)18/h1-16H. The lowest BCUT2D eigenvalue weighted by molar-refractivity contribution is 1.18. The van der Waals surface area contributed by atoms with Crippen LogP contribution in [-0.4, -0.2) is 4.57 Å². The van der Waals surface area contributed by atoms with Gasteiger partial charge in [-0.05, 0) is 62.6 Å². The molecule has 0 saturated carbocycles. The van der Waals surface area contributed by atoms with Gasteiger partial charge in [0, 0.05) is 20.9 Å². The van der Waals surface area contributed by atoms with E-state index < -0.39 is 0 Å². The fourth-order valence-corrected chi connectivity index (χ4v) is 5.49. The van der Waals surface area contributed by atoms with Crippen molar-refractivity contribution in [3.8, 4) is 5.69 Å². The van der Waals surface area contributed by atoms with E-state index in [1.54, 1.807) is 0 Å². The lowest BCUT2D eigenvalue weighted by Crippen LogP contribution is -1.93. The molecule has 0 aliphatic rings. The van der Waals surface area contributed by atoms with Crippen molar-refractivity contribution in [1.29, 1.82) is 0 Å². The molecule has 7 aromatic rings. The van der Waals surface area contributed by atoms with E-state index in [-0.39, 0.29) is 0 Å². The lowest BCUT2D eigenvalue weighted by atomic mass is 9.92. The summed E-state index contributed by atoms with van der Waals surface area (Å²) in [6, 6.07) is 35.3. The molecule has 0 aliphatic carbocycles. The first-order valence-corrected chi connectivity index (χ1v) is 10.9. The monoisotopic (exact) mass is 445 g/mol. The number of fused-ring (bicyclic) bond motifs is 4. The highest BCUT2D eigenvalue weighted by Gasteiger charge is 2.18. The highest BCUT2D eigenvalue weighted by Crippen LogP contribution is 2.43. The molecule has 0 amide bonds. The third-order valence-electron chi connectivity index (χ3n) is 6.35. The van der Waals surface area contributed by atoms with Crippen LogP contribution in [0.2, 0.25) is 0 Å². The molecule has 0 saturated heterocycles. The van der Waals surface area contributed by atoms with Crippen molar-refractivity contribution < 1.29 is 0 Å². The first-order chi connectivity index (χ1) is 14.8. The maximum absolute atomic E-state index is 3.69. The fraction of sp³-hybridized carbons (Fsp3) is 0. The van der Waals surface area contributed by atoms with Crippen LogP contribution in [0.3, 0.4) is 0 Å². The quantitative estimate of drug-likeness (QED) is 0.223. The summed E-state index contributed by atoms with van der Waals surface area (Å²) in [6.07, 6.45) is 0. The smallest absolute Gasteiger partial charge is 0.0553 e. The molecule has 140 valence electrons. The zero-order valence-electron chi connectivity index (χ0n) is 16.1. The Morgan fingerprint density at radius 2 is 1.23 bits per heavy atom. The van der Waals surface area contributed by atoms with Gasteiger partial charge in [0.25, 0.3) is 0 Å². The van der Waals surface area contributed by atoms with Crippen molar-refractivity contribution in [2.45, 2.75) is 0 Å². The molecule has 30 heavy (non-hydrogen) atoms. The van der Waals surface area contributed by atoms with Gasteiger partial charge >= 0.3 is 0 Å². The van der Waals surface area contributed by atoms with Crippen molar-refractivity contribution in [3.63, 3.8) is 0 Å². The summed E-state index contributed by atoms with van der Waals surface area (Å²) in [4.78, 5) is 0. The molecule has 0 bridgehead atoms. The molecule has 6 aromatic carbocycles. The molecule has 0 fully saturated rings. The van der Waals surface area contributed by atoms with Gasteiger partial charge in [-0.25, -0.2) is 0 Å². The second kappa shape index (κ2) is 5.84. The molecule has 0 aliphatic heterocycles. The van der Waals surface area contributed by atoms with Gasteiger partial charge in [0.15, 0.2) is 0 Å². The lowest BCUT2D eigenvalue weighted by Gasteiger charge is -2.13. The van der Waals surface area contributed by atoms with Crippen molar-refractivity contribution in [2.24, 2.45) is 0 Å². The number of halogens is 1. The van der Waals surface area contributed by atoms with Crippen molar-refractivity contribution in [3.05, 3.63) is 102 Å². The van der Waals surface area contributed by atoms with Gasteiger partial charge in [0.05, 0.1) is 11.0 Å². The normalized spacial score (nSPS) is 12.2. The van der Waals surface area contributed by atoms with Gasteiger partial charge in [0.2, 0.25) is 0 Å². The second-order valence-corrected chi connectivity index (χ2v) is 8.87. The molecular weight excluding hydrogens is 430 g/mol. The van der Waals surface area contributed by atoms with Gasteiger partial charge in [-0.1, -0.05) is 82.7 Å². The molecule has 2 heteroatoms. The Morgan fingerprint density at radius 3 is 2.07 bits per heavy atom. The summed E-state index contributed by atoms with van der Waals surface area (Å²) >= 11 is 3.69. The van der Waals surface area contributed by atoms with Crippen LogP contribution in [0.5, 0.6) is 0 Å². The molecule has 1 heterocycles. The van der Waals surface area contributed by atoms with Crippen molar-refractivity contribution in [2.75, 3.05) is 0 Å². The predicted octanol–water partition coefficient (Wildman–Crippen LogP) is 8.44. The van der Waals surface area contributed by atoms with Crippen LogP contribution in [0.1, 0.15) is 0 Å². The average molecular weight is 446 g/mol. The molecule has 0 atom stereocenters. The van der Waals surface area contributed by atoms with Crippen LogP contribution in [0.25, 0.3) is 59.8 Å². The number of benzene rings is 6. The van der Waals surface area contributed by atoms with E-state index in [0.717, 1.165) is 4.47 Å². The zero-order valence-corrected chi connectivity index (χ0v) is 17.6. The van der Waals surface area contributed by atoms with Crippen LogP contribution in [0.15, 0.2) is 102 Å². The SMILES string of the molecule is Brc1ccc2c3c4ccc5cccc6ccc(cc3n(-c3ccccc3)c2c1)c4c65. The third-order valence-corrected chi connectivity index (χ3v) is 6.85. The van der Waals surface area contributed by atoms with Crippen LogP contribution in [-0.2, 0) is 0 Å². The largest absolute Gasteiger partial charge is 0.309 e. The van der Waals surface area contributed by atoms with E-state index in [0.29, 0.717) is 0 Å². The second-order valence-electron chi connectivity index (χ2n) is 7.96. The Labute approximate surface area is 181 Å². The van der Waals surface area contributed by atoms with E-state index in [1.807, 2.05) is 0 Å². The Kier molecular flexibility index (Phi) is 3.20. The summed E-state index contributed by atoms with van der Waals surface area (Å²) in [5.74, 6) is 0. The van der Waals surface area contributed by atoms with E-state index in [1.165, 1.54) is 59.8 Å². The minimum Gasteiger partial charge on any atom is -0.309 e. The summed E-state index contributed by atoms with van der Waals surface area (Å²) < 4.78 is 3.49. The highest BCUT2D eigenvalue weighted by atomic mass is 79.9. The van der Waals surface area contributed by atoms with E-state index in [4.69, 9.17) is 0 Å². The number of aromatic nitrogens is 1. The van der Waals surface area contributed by atoms with Crippen LogP contribution >= 0.6 is 15.9 Å². The minimum atomic E-state index is 1.09. The number of hydrogen-bond donors (Lipinski definition) is 0. The maximum Gasteiger partial charge on any atom is 0.0553 e. The Bertz CT molecular complexity index is 1730. The Morgan fingerprint density at radius 1 is 0.500 bits per heavy atom. The summed E-state index contributed by atoms with van der Waals surface area (Å²) in [5, 5.41) is 10.6. The van der Waals surface area contributed by atoms with Gasteiger partial charge in [0.1, 0.15) is 0 Å². The Hall–Kier alpha value is -3.36. The number of rotatable bonds is 1. The van der Waals surface area contributed by atoms with Crippen molar-refractivity contribution in [1.82, 2.24) is 4.57 Å². The predicted molar refractivity (Wildman–Crippen MR) is 132 cm³/mol. The summed E-state index contributed by atoms with van der Waals surface area (Å²) in [5.41, 5.74) is 3.66. The Balaban J connectivity index is 1.81. The topological polar surface area (TPSA) is 4.93 Å². The fourth-order valence-electron chi connectivity index (χ4n) is 5.14. The minimum absolute atomic E-state index is 1.09. The van der Waals surface area contributed by atoms with Crippen LogP contribution in [0.4, 0.5) is 0 Å². The highest BCUT2D eigenvalue weighted by molar-refractivity contribution is 9.10. The maximum atomic E-state index is 3.69. The molecule has 1 aromatic heterocycles. The molecule has 0 N–H and O–H groups in total. The van der Waals surface area contributed by atoms with E-state index in [9.17, 15) is 0 Å².